The van der Waals surface area contributed by atoms with E-state index in [0.29, 0.717) is 0 Å². The Balaban J connectivity index is 2.02. The molecule has 1 atom stereocenters. The fourth-order valence-corrected chi connectivity index (χ4v) is 3.69. The van der Waals surface area contributed by atoms with Crippen LogP contribution in [-0.4, -0.2) is 38.2 Å². The normalized spacial score (nSPS) is 17.3. The van der Waals surface area contributed by atoms with Gasteiger partial charge in [-0.3, -0.25) is 4.90 Å². The first-order valence-electron chi connectivity index (χ1n) is 8.22. The summed E-state index contributed by atoms with van der Waals surface area (Å²) < 4.78 is 20.4. The van der Waals surface area contributed by atoms with Gasteiger partial charge in [-0.25, -0.2) is 4.39 Å². The number of methoxy groups -OCH3 is 1. The zero-order valence-corrected chi connectivity index (χ0v) is 15.4. The van der Waals surface area contributed by atoms with Gasteiger partial charge in [-0.1, -0.05) is 34.1 Å². The molecule has 0 amide bonds. The van der Waals surface area contributed by atoms with Gasteiger partial charge in [-0.2, -0.15) is 0 Å². The molecule has 1 fully saturated rings. The smallest absolute Gasteiger partial charge is 0.165 e. The van der Waals surface area contributed by atoms with Gasteiger partial charge in [0.1, 0.15) is 0 Å². The largest absolute Gasteiger partial charge is 0.494 e. The summed E-state index contributed by atoms with van der Waals surface area (Å²) in [5.41, 5.74) is 2.11. The van der Waals surface area contributed by atoms with E-state index in [1.807, 2.05) is 18.2 Å². The van der Waals surface area contributed by atoms with Crippen molar-refractivity contribution in [3.8, 4) is 5.75 Å². The highest BCUT2D eigenvalue weighted by molar-refractivity contribution is 9.10. The summed E-state index contributed by atoms with van der Waals surface area (Å²) >= 11 is 3.55. The van der Waals surface area contributed by atoms with Crippen LogP contribution in [-0.2, 0) is 0 Å². The molecule has 3 rings (SSSR count). The molecule has 1 N–H and O–H groups in total. The highest BCUT2D eigenvalue weighted by Crippen LogP contribution is 2.32. The summed E-state index contributed by atoms with van der Waals surface area (Å²) in [5.74, 6) is -0.0350. The lowest BCUT2D eigenvalue weighted by Crippen LogP contribution is -2.33. The highest BCUT2D eigenvalue weighted by Gasteiger charge is 2.24. The second-order valence-electron chi connectivity index (χ2n) is 5.99. The Morgan fingerprint density at radius 3 is 2.71 bits per heavy atom. The lowest BCUT2D eigenvalue weighted by Gasteiger charge is -2.31. The predicted molar refractivity (Wildman–Crippen MR) is 98.0 cm³/mol. The molecule has 2 aromatic rings. The summed E-state index contributed by atoms with van der Waals surface area (Å²) in [7, 11) is 1.49. The summed E-state index contributed by atoms with van der Waals surface area (Å²) in [6, 6.07) is 13.6. The Morgan fingerprint density at radius 2 is 1.96 bits per heavy atom. The van der Waals surface area contributed by atoms with Crippen molar-refractivity contribution >= 4 is 15.9 Å². The maximum Gasteiger partial charge on any atom is 0.165 e. The van der Waals surface area contributed by atoms with Gasteiger partial charge in [0.05, 0.1) is 13.2 Å². The number of benzene rings is 2. The van der Waals surface area contributed by atoms with Crippen molar-refractivity contribution in [2.24, 2.45) is 0 Å². The standard InChI is InChI=1S/C19H22BrFN2O/c1-24-18-7-6-15(13-17(18)21)19(14-4-2-5-16(20)12-14)23-10-3-8-22-9-11-23/h2,4-7,12-13,19,22H,3,8-11H2,1H3. The van der Waals surface area contributed by atoms with E-state index in [1.165, 1.54) is 7.11 Å². The first kappa shape index (κ1) is 17.4. The van der Waals surface area contributed by atoms with Crippen molar-refractivity contribution < 1.29 is 9.13 Å². The van der Waals surface area contributed by atoms with Gasteiger partial charge < -0.3 is 10.1 Å². The molecule has 128 valence electrons. The fraction of sp³-hybridized carbons (Fsp3) is 0.368. The average Bonchev–Trinajstić information content (AvgIpc) is 2.85. The summed E-state index contributed by atoms with van der Waals surface area (Å²) in [6.07, 6.45) is 1.09. The second kappa shape index (κ2) is 8.10. The number of nitrogens with one attached hydrogen (secondary N) is 1. The van der Waals surface area contributed by atoms with Crippen LogP contribution in [0.25, 0.3) is 0 Å². The van der Waals surface area contributed by atoms with E-state index in [2.05, 4.69) is 38.3 Å². The molecule has 1 aliphatic heterocycles. The van der Waals surface area contributed by atoms with Gasteiger partial charge in [-0.05, 0) is 48.4 Å². The molecule has 3 nitrogen and oxygen atoms in total. The number of hydrogen-bond acceptors (Lipinski definition) is 3. The quantitative estimate of drug-likeness (QED) is 0.851. The molecule has 1 aliphatic rings. The van der Waals surface area contributed by atoms with Crippen LogP contribution in [0.3, 0.4) is 0 Å². The lowest BCUT2D eigenvalue weighted by molar-refractivity contribution is 0.240. The Morgan fingerprint density at radius 1 is 1.12 bits per heavy atom. The SMILES string of the molecule is COc1ccc(C(c2cccc(Br)c2)N2CCCNCC2)cc1F. The fourth-order valence-electron chi connectivity index (χ4n) is 3.27. The van der Waals surface area contributed by atoms with Crippen LogP contribution >= 0.6 is 15.9 Å². The van der Waals surface area contributed by atoms with E-state index in [4.69, 9.17) is 4.74 Å². The van der Waals surface area contributed by atoms with Crippen molar-refractivity contribution in [2.75, 3.05) is 33.3 Å². The summed E-state index contributed by atoms with van der Waals surface area (Å²) in [5, 5.41) is 3.43. The zero-order valence-electron chi connectivity index (χ0n) is 13.8. The maximum atomic E-state index is 14.3. The van der Waals surface area contributed by atoms with Crippen molar-refractivity contribution in [3.05, 3.63) is 63.9 Å². The third-order valence-corrected chi connectivity index (χ3v) is 4.89. The molecule has 0 spiro atoms. The number of halogens is 2. The van der Waals surface area contributed by atoms with Crippen molar-refractivity contribution in [1.82, 2.24) is 10.2 Å². The molecular formula is C19H22BrFN2O. The Hall–Kier alpha value is -1.43. The summed E-state index contributed by atoms with van der Waals surface area (Å²) in [4.78, 5) is 2.42. The molecule has 2 aromatic carbocycles. The van der Waals surface area contributed by atoms with Crippen LogP contribution in [0.2, 0.25) is 0 Å². The molecule has 1 unspecified atom stereocenters. The molecule has 0 radical (unpaired) electrons. The Kier molecular flexibility index (Phi) is 5.87. The van der Waals surface area contributed by atoms with Gasteiger partial charge in [0.25, 0.3) is 0 Å². The van der Waals surface area contributed by atoms with E-state index < -0.39 is 0 Å². The molecule has 0 aromatic heterocycles. The predicted octanol–water partition coefficient (Wildman–Crippen LogP) is 3.98. The van der Waals surface area contributed by atoms with E-state index in [1.54, 1.807) is 12.1 Å². The van der Waals surface area contributed by atoms with E-state index >= 15 is 0 Å². The Bertz CT molecular complexity index is 687. The first-order chi connectivity index (χ1) is 11.7. The van der Waals surface area contributed by atoms with E-state index in [9.17, 15) is 4.39 Å². The molecule has 5 heteroatoms. The van der Waals surface area contributed by atoms with Crippen molar-refractivity contribution in [2.45, 2.75) is 12.5 Å². The van der Waals surface area contributed by atoms with E-state index in [0.717, 1.165) is 48.2 Å². The van der Waals surface area contributed by atoms with Crippen LogP contribution in [0, 0.1) is 5.82 Å². The second-order valence-corrected chi connectivity index (χ2v) is 6.91. The highest BCUT2D eigenvalue weighted by atomic mass is 79.9. The topological polar surface area (TPSA) is 24.5 Å². The van der Waals surface area contributed by atoms with Crippen LogP contribution in [0.4, 0.5) is 4.39 Å². The minimum atomic E-state index is -0.317. The van der Waals surface area contributed by atoms with Crippen LogP contribution in [0.5, 0.6) is 5.75 Å². The number of ether oxygens (including phenoxy) is 1. The molecule has 1 heterocycles. The lowest BCUT2D eigenvalue weighted by atomic mass is 9.96. The molecular weight excluding hydrogens is 371 g/mol. The summed E-state index contributed by atoms with van der Waals surface area (Å²) in [6.45, 7) is 3.89. The maximum absolute atomic E-state index is 14.3. The van der Waals surface area contributed by atoms with Crippen molar-refractivity contribution in [3.63, 3.8) is 0 Å². The number of hydrogen-bond donors (Lipinski definition) is 1. The average molecular weight is 393 g/mol. The molecule has 0 aliphatic carbocycles. The minimum absolute atomic E-state index is 0.0304. The molecule has 0 saturated carbocycles. The van der Waals surface area contributed by atoms with Gasteiger partial charge >= 0.3 is 0 Å². The minimum Gasteiger partial charge on any atom is -0.494 e. The molecule has 1 saturated heterocycles. The van der Waals surface area contributed by atoms with Gasteiger partial charge in [0, 0.05) is 24.1 Å². The monoisotopic (exact) mass is 392 g/mol. The van der Waals surface area contributed by atoms with Gasteiger partial charge in [-0.15, -0.1) is 0 Å². The third kappa shape index (κ3) is 3.97. The zero-order chi connectivity index (χ0) is 16.9. The van der Waals surface area contributed by atoms with Crippen molar-refractivity contribution in [1.29, 1.82) is 0 Å². The third-order valence-electron chi connectivity index (χ3n) is 4.40. The first-order valence-corrected chi connectivity index (χ1v) is 9.02. The number of nitrogens with zero attached hydrogens (tertiary/aromatic N) is 1. The van der Waals surface area contributed by atoms with Crippen LogP contribution in [0.1, 0.15) is 23.6 Å². The van der Waals surface area contributed by atoms with Crippen LogP contribution < -0.4 is 10.1 Å². The van der Waals surface area contributed by atoms with Gasteiger partial charge in [0.2, 0.25) is 0 Å². The van der Waals surface area contributed by atoms with Crippen LogP contribution in [0.15, 0.2) is 46.9 Å². The molecule has 24 heavy (non-hydrogen) atoms. The Labute approximate surface area is 150 Å². The van der Waals surface area contributed by atoms with E-state index in [-0.39, 0.29) is 17.6 Å². The molecule has 0 bridgehead atoms. The van der Waals surface area contributed by atoms with Gasteiger partial charge in [0.15, 0.2) is 11.6 Å². The number of rotatable bonds is 4.